The highest BCUT2D eigenvalue weighted by atomic mass is 35.5. The first-order valence-corrected chi connectivity index (χ1v) is 10.2. The molecule has 0 aromatic heterocycles. The van der Waals surface area contributed by atoms with Crippen LogP contribution >= 0.6 is 23.2 Å². The molecule has 0 radical (unpaired) electrons. The van der Waals surface area contributed by atoms with Crippen LogP contribution < -0.4 is 10.7 Å². The van der Waals surface area contributed by atoms with Crippen LogP contribution in [0.1, 0.15) is 16.8 Å². The Kier molecular flexibility index (Phi) is 7.46. The van der Waals surface area contributed by atoms with Crippen molar-refractivity contribution in [3.8, 4) is 0 Å². The highest BCUT2D eigenvalue weighted by Crippen LogP contribution is 2.25. The third-order valence-electron chi connectivity index (χ3n) is 4.59. The molecule has 1 atom stereocenters. The Morgan fingerprint density at radius 2 is 1.91 bits per heavy atom. The molecule has 1 saturated heterocycles. The molecule has 3 amide bonds. The number of rotatable bonds is 7. The second-order valence-electron chi connectivity index (χ2n) is 6.90. The lowest BCUT2D eigenvalue weighted by atomic mass is 10.1. The number of carbonyl (C=O) groups is 4. The van der Waals surface area contributed by atoms with Crippen LogP contribution in [0.15, 0.2) is 42.5 Å². The fraction of sp³-hybridized carbons (Fsp3) is 0.200. The monoisotopic (exact) mass is 494 g/mol. The van der Waals surface area contributed by atoms with Gasteiger partial charge in [0.15, 0.2) is 6.61 Å². The molecule has 0 unspecified atom stereocenters. The summed E-state index contributed by atoms with van der Waals surface area (Å²) < 4.78 is 4.96. The van der Waals surface area contributed by atoms with Gasteiger partial charge in [0.25, 0.3) is 17.5 Å². The first kappa shape index (κ1) is 24.0. The number of benzene rings is 2. The zero-order valence-electron chi connectivity index (χ0n) is 16.7. The van der Waals surface area contributed by atoms with Gasteiger partial charge >= 0.3 is 5.97 Å². The van der Waals surface area contributed by atoms with Gasteiger partial charge < -0.3 is 10.1 Å². The van der Waals surface area contributed by atoms with Crippen molar-refractivity contribution in [2.45, 2.75) is 6.42 Å². The number of nitrogens with zero attached hydrogens (tertiary/aromatic N) is 2. The fourth-order valence-electron chi connectivity index (χ4n) is 3.02. The largest absolute Gasteiger partial charge is 0.455 e. The molecule has 0 aliphatic carbocycles. The number of nitro benzene ring substituents is 1. The maximum absolute atomic E-state index is 12.4. The number of ether oxygens (including phenoxy) is 1. The Balaban J connectivity index is 1.54. The van der Waals surface area contributed by atoms with Crippen LogP contribution in [0.5, 0.6) is 0 Å². The molecule has 3 rings (SSSR count). The molecule has 2 aromatic rings. The fourth-order valence-corrected chi connectivity index (χ4v) is 3.35. The number of esters is 1. The van der Waals surface area contributed by atoms with Gasteiger partial charge in [0.1, 0.15) is 5.56 Å². The minimum absolute atomic E-state index is 0.216. The van der Waals surface area contributed by atoms with E-state index in [1.165, 1.54) is 36.4 Å². The van der Waals surface area contributed by atoms with E-state index in [-0.39, 0.29) is 29.2 Å². The van der Waals surface area contributed by atoms with Crippen LogP contribution in [-0.2, 0) is 19.1 Å². The van der Waals surface area contributed by atoms with E-state index < -0.39 is 46.8 Å². The van der Waals surface area contributed by atoms with E-state index in [9.17, 15) is 29.3 Å². The summed E-state index contributed by atoms with van der Waals surface area (Å²) in [4.78, 5) is 59.3. The summed E-state index contributed by atoms with van der Waals surface area (Å²) in [6, 6.07) is 9.69. The summed E-state index contributed by atoms with van der Waals surface area (Å²) in [5.41, 5.74) is 1.84. The van der Waals surface area contributed by atoms with E-state index in [0.29, 0.717) is 5.02 Å². The maximum Gasteiger partial charge on any atom is 0.311 e. The predicted molar refractivity (Wildman–Crippen MR) is 116 cm³/mol. The van der Waals surface area contributed by atoms with Crippen LogP contribution in [0, 0.1) is 16.0 Å². The second-order valence-corrected chi connectivity index (χ2v) is 7.74. The first-order chi connectivity index (χ1) is 15.7. The van der Waals surface area contributed by atoms with Crippen molar-refractivity contribution < 1.29 is 28.8 Å². The van der Waals surface area contributed by atoms with E-state index in [1.54, 1.807) is 0 Å². The molecule has 11 nitrogen and oxygen atoms in total. The van der Waals surface area contributed by atoms with Crippen LogP contribution in [0.4, 0.5) is 11.4 Å². The van der Waals surface area contributed by atoms with E-state index in [4.69, 9.17) is 27.9 Å². The van der Waals surface area contributed by atoms with Crippen LogP contribution in [0.3, 0.4) is 0 Å². The summed E-state index contributed by atoms with van der Waals surface area (Å²) in [7, 11) is 0. The molecule has 1 aliphatic heterocycles. The molecule has 1 fully saturated rings. The minimum Gasteiger partial charge on any atom is -0.455 e. The topological polar surface area (TPSA) is 148 Å². The van der Waals surface area contributed by atoms with Crippen LogP contribution in [0.2, 0.25) is 10.0 Å². The molecule has 0 saturated carbocycles. The zero-order chi connectivity index (χ0) is 24.1. The van der Waals surface area contributed by atoms with Crippen molar-refractivity contribution in [2.24, 2.45) is 5.92 Å². The van der Waals surface area contributed by atoms with Crippen LogP contribution in [0.25, 0.3) is 0 Å². The number of amides is 3. The molecular weight excluding hydrogens is 479 g/mol. The van der Waals surface area contributed by atoms with E-state index in [2.05, 4.69) is 10.7 Å². The van der Waals surface area contributed by atoms with Gasteiger partial charge in [0, 0.05) is 17.5 Å². The Bertz CT molecular complexity index is 1140. The van der Waals surface area contributed by atoms with Crippen molar-refractivity contribution in [3.63, 3.8) is 0 Å². The van der Waals surface area contributed by atoms with Crippen molar-refractivity contribution in [1.29, 1.82) is 0 Å². The number of para-hydroxylation sites is 1. The van der Waals surface area contributed by atoms with E-state index in [0.717, 1.165) is 11.1 Å². The summed E-state index contributed by atoms with van der Waals surface area (Å²) in [6.45, 7) is -0.847. The first-order valence-electron chi connectivity index (χ1n) is 9.42. The number of hydrogen-bond donors (Lipinski definition) is 2. The van der Waals surface area contributed by atoms with Gasteiger partial charge in [-0.05, 0) is 24.3 Å². The lowest BCUT2D eigenvalue weighted by Gasteiger charge is -2.17. The van der Waals surface area contributed by atoms with E-state index >= 15 is 0 Å². The average Bonchev–Trinajstić information content (AvgIpc) is 3.14. The maximum atomic E-state index is 12.4. The highest BCUT2D eigenvalue weighted by Gasteiger charge is 2.37. The van der Waals surface area contributed by atoms with Crippen molar-refractivity contribution in [3.05, 3.63) is 68.2 Å². The summed E-state index contributed by atoms with van der Waals surface area (Å²) in [5.74, 6) is -3.89. The molecule has 0 spiro atoms. The van der Waals surface area contributed by atoms with Gasteiger partial charge in [0.2, 0.25) is 5.91 Å². The molecule has 0 bridgehead atoms. The quantitative estimate of drug-likeness (QED) is 0.341. The lowest BCUT2D eigenvalue weighted by molar-refractivity contribution is -0.385. The Morgan fingerprint density at radius 3 is 2.64 bits per heavy atom. The van der Waals surface area contributed by atoms with Crippen LogP contribution in [-0.4, -0.2) is 46.8 Å². The molecule has 33 heavy (non-hydrogen) atoms. The van der Waals surface area contributed by atoms with E-state index in [1.807, 2.05) is 0 Å². The summed E-state index contributed by atoms with van der Waals surface area (Å²) >= 11 is 11.8. The molecule has 172 valence electrons. The van der Waals surface area contributed by atoms with Crippen molar-refractivity contribution >= 4 is 58.3 Å². The number of nitro groups is 1. The zero-order valence-corrected chi connectivity index (χ0v) is 18.3. The van der Waals surface area contributed by atoms with Gasteiger partial charge in [0.05, 0.1) is 28.1 Å². The second kappa shape index (κ2) is 10.3. The molecule has 1 aliphatic rings. The van der Waals surface area contributed by atoms with Crippen molar-refractivity contribution in [2.75, 3.05) is 18.5 Å². The number of hydrogen-bond acceptors (Lipinski definition) is 7. The smallest absolute Gasteiger partial charge is 0.311 e. The van der Waals surface area contributed by atoms with Gasteiger partial charge in [-0.1, -0.05) is 35.3 Å². The molecule has 2 N–H and O–H groups in total. The normalized spacial score (nSPS) is 15.2. The number of carbonyl (C=O) groups excluding carboxylic acids is 4. The Hall–Kier alpha value is -3.70. The van der Waals surface area contributed by atoms with Gasteiger partial charge in [-0.3, -0.25) is 39.7 Å². The van der Waals surface area contributed by atoms with Crippen molar-refractivity contribution in [1.82, 2.24) is 10.4 Å². The molecular formula is C20H16Cl2N4O7. The van der Waals surface area contributed by atoms with Gasteiger partial charge in [-0.2, -0.15) is 0 Å². The summed E-state index contributed by atoms with van der Waals surface area (Å²) in [5, 5.41) is 15.0. The third kappa shape index (κ3) is 5.96. The Morgan fingerprint density at radius 1 is 1.18 bits per heavy atom. The number of anilines is 1. The third-order valence-corrected chi connectivity index (χ3v) is 5.15. The predicted octanol–water partition coefficient (Wildman–Crippen LogP) is 2.58. The number of hydrazine groups is 1. The minimum atomic E-state index is -0.939. The lowest BCUT2D eigenvalue weighted by Crippen LogP contribution is -2.43. The molecule has 2 aromatic carbocycles. The number of halogens is 2. The molecule has 1 heterocycles. The van der Waals surface area contributed by atoms with Gasteiger partial charge in [-0.15, -0.1) is 0 Å². The SMILES string of the molecule is O=C(COC(=O)[C@@H]1CC(=O)N(NC(=O)c2ccccc2[N+](=O)[O-])C1)Nc1cc(Cl)ccc1Cl. The number of nitrogens with one attached hydrogen (secondary N) is 2. The molecule has 13 heteroatoms. The Labute approximate surface area is 196 Å². The summed E-state index contributed by atoms with van der Waals surface area (Å²) in [6.07, 6.45) is -0.266. The highest BCUT2D eigenvalue weighted by molar-refractivity contribution is 6.35. The standard InChI is InChI=1S/C20H16Cl2N4O7/c21-12-5-6-14(22)15(8-12)23-17(27)10-33-20(30)11-7-18(28)25(9-11)24-19(29)13-3-1-2-4-16(13)26(31)32/h1-6,8,11H,7,9-10H2,(H,23,27)(H,24,29)/t11-/m1/s1. The van der Waals surface area contributed by atoms with Gasteiger partial charge in [-0.25, -0.2) is 0 Å². The average molecular weight is 495 g/mol.